The molecule has 0 rings (SSSR count). The maximum absolute atomic E-state index is 10.1. The molecule has 0 aromatic rings. The van der Waals surface area contributed by atoms with Crippen molar-refractivity contribution in [3.63, 3.8) is 0 Å². The van der Waals surface area contributed by atoms with Gasteiger partial charge in [0.15, 0.2) is 0 Å². The summed E-state index contributed by atoms with van der Waals surface area (Å²) in [6.07, 6.45) is 1.67. The van der Waals surface area contributed by atoms with Crippen LogP contribution >= 0.6 is 23.4 Å². The number of hydrogen-bond acceptors (Lipinski definition) is 2. The second-order valence-corrected chi connectivity index (χ2v) is 3.21. The van der Waals surface area contributed by atoms with Crippen molar-refractivity contribution in [2.75, 3.05) is 0 Å². The zero-order chi connectivity index (χ0) is 6.57. The molecule has 0 aromatic heterocycles. The van der Waals surface area contributed by atoms with E-state index in [1.165, 1.54) is 0 Å². The molecular formula is C5H7ClOS. The molecule has 0 radical (unpaired) electrons. The van der Waals surface area contributed by atoms with E-state index in [1.807, 2.05) is 6.92 Å². The Morgan fingerprint density at radius 1 is 2.00 bits per heavy atom. The summed E-state index contributed by atoms with van der Waals surface area (Å²) in [5.74, 6) is 0. The van der Waals surface area contributed by atoms with Crippen LogP contribution in [0.15, 0.2) is 12.7 Å². The summed E-state index contributed by atoms with van der Waals surface area (Å²) in [5, 5.41) is 0.125. The maximum atomic E-state index is 10.1. The lowest BCUT2D eigenvalue weighted by Crippen LogP contribution is -1.89. The predicted octanol–water partition coefficient (Wildman–Crippen LogP) is 2.65. The summed E-state index contributed by atoms with van der Waals surface area (Å²) in [5.41, 5.74) is 0. The molecule has 0 aliphatic heterocycles. The summed E-state index contributed by atoms with van der Waals surface area (Å²) >= 11 is 6.09. The van der Waals surface area contributed by atoms with E-state index >= 15 is 0 Å². The Morgan fingerprint density at radius 3 is 2.62 bits per heavy atom. The van der Waals surface area contributed by atoms with Crippen molar-refractivity contribution in [2.45, 2.75) is 12.2 Å². The Kier molecular flexibility index (Phi) is 4.01. The van der Waals surface area contributed by atoms with E-state index in [9.17, 15) is 4.79 Å². The van der Waals surface area contributed by atoms with E-state index in [-0.39, 0.29) is 9.82 Å². The average molecular weight is 151 g/mol. The first-order valence-corrected chi connectivity index (χ1v) is 3.41. The topological polar surface area (TPSA) is 17.1 Å². The number of halogens is 1. The second-order valence-electron chi connectivity index (χ2n) is 1.30. The molecule has 8 heavy (non-hydrogen) atoms. The molecule has 0 aliphatic carbocycles. The molecule has 0 aliphatic rings. The molecule has 0 saturated carbocycles. The van der Waals surface area contributed by atoms with Crippen molar-refractivity contribution in [2.24, 2.45) is 0 Å². The summed E-state index contributed by atoms with van der Waals surface area (Å²) in [6, 6.07) is 0. The lowest BCUT2D eigenvalue weighted by atomic mass is 10.5. The SMILES string of the molecule is C=CC(C)SC(=O)Cl. The molecule has 1 nitrogen and oxygen atoms in total. The summed E-state index contributed by atoms with van der Waals surface area (Å²) < 4.78 is -0.377. The maximum Gasteiger partial charge on any atom is 0.280 e. The van der Waals surface area contributed by atoms with Gasteiger partial charge in [0.1, 0.15) is 0 Å². The fourth-order valence-electron chi connectivity index (χ4n) is 0.194. The first kappa shape index (κ1) is 8.05. The van der Waals surface area contributed by atoms with Crippen LogP contribution < -0.4 is 0 Å². The zero-order valence-electron chi connectivity index (χ0n) is 4.56. The van der Waals surface area contributed by atoms with Gasteiger partial charge in [-0.2, -0.15) is 0 Å². The van der Waals surface area contributed by atoms with Crippen molar-refractivity contribution < 1.29 is 4.79 Å². The second kappa shape index (κ2) is 3.98. The van der Waals surface area contributed by atoms with E-state index in [0.717, 1.165) is 11.8 Å². The molecule has 0 amide bonds. The fourth-order valence-corrected chi connectivity index (χ4v) is 1.00. The van der Waals surface area contributed by atoms with Crippen LogP contribution in [0.5, 0.6) is 0 Å². The highest BCUT2D eigenvalue weighted by atomic mass is 35.5. The Hall–Kier alpha value is 0.0500. The standard InChI is InChI=1S/C5H7ClOS/c1-3-4(2)8-5(6)7/h3-4H,1H2,2H3. The molecule has 0 spiro atoms. The Labute approximate surface area is 58.1 Å². The van der Waals surface area contributed by atoms with E-state index in [1.54, 1.807) is 6.08 Å². The van der Waals surface area contributed by atoms with Gasteiger partial charge in [-0.25, -0.2) is 0 Å². The molecule has 1 atom stereocenters. The number of carbonyl (C=O) groups is 1. The smallest absolute Gasteiger partial charge is 0.268 e. The van der Waals surface area contributed by atoms with Gasteiger partial charge >= 0.3 is 0 Å². The number of carbonyl (C=O) groups excluding carboxylic acids is 1. The molecule has 0 saturated heterocycles. The van der Waals surface area contributed by atoms with E-state index < -0.39 is 0 Å². The van der Waals surface area contributed by atoms with Crippen molar-refractivity contribution in [3.8, 4) is 0 Å². The zero-order valence-corrected chi connectivity index (χ0v) is 6.13. The predicted molar refractivity (Wildman–Crippen MR) is 38.5 cm³/mol. The normalized spacial score (nSPS) is 12.8. The molecule has 0 fully saturated rings. The van der Waals surface area contributed by atoms with Crippen LogP contribution in [0.3, 0.4) is 0 Å². The molecule has 0 aromatic carbocycles. The lowest BCUT2D eigenvalue weighted by Gasteiger charge is -1.96. The van der Waals surface area contributed by atoms with Gasteiger partial charge in [-0.05, 0) is 18.5 Å². The van der Waals surface area contributed by atoms with Gasteiger partial charge in [-0.15, -0.1) is 6.58 Å². The first-order valence-electron chi connectivity index (χ1n) is 2.15. The molecule has 0 N–H and O–H groups in total. The average Bonchev–Trinajstić information content (AvgIpc) is 1.65. The van der Waals surface area contributed by atoms with Gasteiger partial charge in [0.2, 0.25) is 0 Å². The Balaban J connectivity index is 3.38. The van der Waals surface area contributed by atoms with Gasteiger partial charge in [-0.3, -0.25) is 4.79 Å². The molecule has 0 heterocycles. The van der Waals surface area contributed by atoms with Gasteiger partial charge < -0.3 is 0 Å². The van der Waals surface area contributed by atoms with Crippen LogP contribution in [-0.4, -0.2) is 9.82 Å². The van der Waals surface area contributed by atoms with Gasteiger partial charge in [0.05, 0.1) is 0 Å². The van der Waals surface area contributed by atoms with E-state index in [2.05, 4.69) is 6.58 Å². The van der Waals surface area contributed by atoms with Crippen LogP contribution in [0.1, 0.15) is 6.92 Å². The van der Waals surface area contributed by atoms with Crippen LogP contribution in [0.2, 0.25) is 0 Å². The number of thioether (sulfide) groups is 1. The highest BCUT2D eigenvalue weighted by Gasteiger charge is 2.00. The largest absolute Gasteiger partial charge is 0.280 e. The van der Waals surface area contributed by atoms with Gasteiger partial charge in [0, 0.05) is 5.25 Å². The Bertz CT molecular complexity index is 103. The van der Waals surface area contributed by atoms with E-state index in [0.29, 0.717) is 0 Å². The van der Waals surface area contributed by atoms with Crippen molar-refractivity contribution in [1.29, 1.82) is 0 Å². The third-order valence-electron chi connectivity index (χ3n) is 0.610. The quantitative estimate of drug-likeness (QED) is 0.445. The minimum Gasteiger partial charge on any atom is -0.268 e. The minimum atomic E-state index is -0.377. The fraction of sp³-hybridized carbons (Fsp3) is 0.400. The summed E-state index contributed by atoms with van der Waals surface area (Å²) in [7, 11) is 0. The van der Waals surface area contributed by atoms with E-state index in [4.69, 9.17) is 11.6 Å². The van der Waals surface area contributed by atoms with Crippen molar-refractivity contribution >= 4 is 27.9 Å². The van der Waals surface area contributed by atoms with Gasteiger partial charge in [0.25, 0.3) is 4.57 Å². The van der Waals surface area contributed by atoms with Gasteiger partial charge in [-0.1, -0.05) is 17.8 Å². The van der Waals surface area contributed by atoms with Crippen LogP contribution in [0.25, 0.3) is 0 Å². The summed E-state index contributed by atoms with van der Waals surface area (Å²) in [4.78, 5) is 10.1. The number of hydrogen-bond donors (Lipinski definition) is 0. The Morgan fingerprint density at radius 2 is 2.50 bits per heavy atom. The molecule has 1 unspecified atom stereocenters. The first-order chi connectivity index (χ1) is 3.66. The van der Waals surface area contributed by atoms with Crippen molar-refractivity contribution in [3.05, 3.63) is 12.7 Å². The molecule has 46 valence electrons. The molecule has 0 bridgehead atoms. The third kappa shape index (κ3) is 4.22. The monoisotopic (exact) mass is 150 g/mol. The van der Waals surface area contributed by atoms with Crippen LogP contribution in [0.4, 0.5) is 4.79 Å². The van der Waals surface area contributed by atoms with Crippen molar-refractivity contribution in [1.82, 2.24) is 0 Å². The summed E-state index contributed by atoms with van der Waals surface area (Å²) in [6.45, 7) is 5.34. The third-order valence-corrected chi connectivity index (χ3v) is 1.63. The molecule has 3 heteroatoms. The number of rotatable bonds is 2. The highest BCUT2D eigenvalue weighted by Crippen LogP contribution is 2.14. The minimum absolute atomic E-state index is 0.125. The highest BCUT2D eigenvalue weighted by molar-refractivity contribution is 8.17. The van der Waals surface area contributed by atoms with Crippen LogP contribution in [-0.2, 0) is 0 Å². The van der Waals surface area contributed by atoms with Crippen LogP contribution in [0, 0.1) is 0 Å². The molecular weight excluding hydrogens is 144 g/mol. The lowest BCUT2D eigenvalue weighted by molar-refractivity contribution is 0.276.